The van der Waals surface area contributed by atoms with Crippen molar-refractivity contribution in [2.24, 2.45) is 10.4 Å². The van der Waals surface area contributed by atoms with Gasteiger partial charge >= 0.3 is 12.1 Å². The van der Waals surface area contributed by atoms with Gasteiger partial charge in [0.25, 0.3) is 5.91 Å². The number of nitrogens with zero attached hydrogens (tertiary/aromatic N) is 6. The predicted octanol–water partition coefficient (Wildman–Crippen LogP) is 8.72. The molecule has 5 heterocycles. The van der Waals surface area contributed by atoms with E-state index in [0.717, 1.165) is 54.8 Å². The second kappa shape index (κ2) is 18.7. The molecule has 0 unspecified atom stereocenters. The van der Waals surface area contributed by atoms with Crippen molar-refractivity contribution in [1.82, 2.24) is 35.3 Å². The molecule has 0 bridgehead atoms. The Morgan fingerprint density at radius 1 is 0.884 bits per heavy atom. The standard InChI is InChI=1S/C50H51F3N8O6S2/c1-24-27(4)69-48-40(24)41(56-37(21-39(63)64)44-59-58-28(5)61(44)48)31-13-11-30(12-14-31)33-17-18-35(36(19-33)50(51,52)53)45(65)57-43(49(6,7)8)47(67)60-22-34(62)20-38(60)46(66)55-25(2)29-9-15-32(16-10-29)42-26(3)54-23-68-42/h9-19,23,25,34,37-38,43,62H,20-22H2,1-8H3,(H,55,66)(H,57,65)(H,63,64)/t25-,34+,37-,38-,43+/m0/s1. The molecule has 0 radical (unpaired) electrons. The lowest BCUT2D eigenvalue weighted by Crippen LogP contribution is -2.58. The van der Waals surface area contributed by atoms with Gasteiger partial charge in [-0.2, -0.15) is 13.2 Å². The number of rotatable bonds is 11. The lowest BCUT2D eigenvalue weighted by Gasteiger charge is -2.35. The van der Waals surface area contributed by atoms with Crippen LogP contribution < -0.4 is 10.6 Å². The van der Waals surface area contributed by atoms with Gasteiger partial charge in [-0.1, -0.05) is 75.4 Å². The molecule has 2 aliphatic rings. The van der Waals surface area contributed by atoms with Gasteiger partial charge in [-0.15, -0.1) is 32.9 Å². The molecule has 14 nitrogen and oxygen atoms in total. The number of aliphatic hydroxyl groups excluding tert-OH is 1. The molecule has 1 saturated heterocycles. The van der Waals surface area contributed by atoms with Crippen molar-refractivity contribution in [2.45, 2.75) is 105 Å². The Bertz CT molecular complexity index is 3010. The van der Waals surface area contributed by atoms with Gasteiger partial charge in [0.15, 0.2) is 5.82 Å². The summed E-state index contributed by atoms with van der Waals surface area (Å²) in [5.74, 6) is -2.51. The number of carbonyl (C=O) groups excluding carboxylic acids is 3. The van der Waals surface area contributed by atoms with Gasteiger partial charge < -0.3 is 25.7 Å². The first-order valence-corrected chi connectivity index (χ1v) is 24.0. The number of aryl methyl sites for hydroxylation is 3. The summed E-state index contributed by atoms with van der Waals surface area (Å²) in [6.07, 6.45) is -6.46. The average Bonchev–Trinajstić information content (AvgIpc) is 4.06. The molecule has 3 amide bonds. The fraction of sp³-hybridized carbons (Fsp3) is 0.360. The summed E-state index contributed by atoms with van der Waals surface area (Å²) in [5, 5.41) is 35.4. The highest BCUT2D eigenvalue weighted by atomic mass is 32.1. The zero-order valence-corrected chi connectivity index (χ0v) is 40.7. The topological polar surface area (TPSA) is 192 Å². The molecule has 2 aliphatic heterocycles. The number of aliphatic imine (C=N–C) groups is 1. The third kappa shape index (κ3) is 9.72. The first-order chi connectivity index (χ1) is 32.5. The minimum atomic E-state index is -4.99. The monoisotopic (exact) mass is 980 g/mol. The molecule has 19 heteroatoms. The van der Waals surface area contributed by atoms with Crippen LogP contribution in [-0.4, -0.2) is 89.0 Å². The molecule has 3 aromatic carbocycles. The molecule has 360 valence electrons. The number of thiazole rings is 1. The molecule has 0 saturated carbocycles. The molecule has 0 aliphatic carbocycles. The number of benzene rings is 3. The van der Waals surface area contributed by atoms with E-state index in [1.165, 1.54) is 33.6 Å². The van der Waals surface area contributed by atoms with Crippen molar-refractivity contribution < 1.29 is 42.6 Å². The normalized spacial score (nSPS) is 17.9. The van der Waals surface area contributed by atoms with Gasteiger partial charge in [-0.05, 0) is 80.0 Å². The molecule has 3 aromatic heterocycles. The number of likely N-dealkylation sites (tertiary alicyclic amines) is 1. The summed E-state index contributed by atoms with van der Waals surface area (Å²) in [6.45, 7) is 14.1. The third-order valence-corrected chi connectivity index (χ3v) is 14.9. The highest BCUT2D eigenvalue weighted by Gasteiger charge is 2.46. The number of hydrogen-bond acceptors (Lipinski definition) is 11. The molecule has 6 aromatic rings. The summed E-state index contributed by atoms with van der Waals surface area (Å²) in [4.78, 5) is 66.7. The number of β-amino-alcohol motifs (C(OH)–C–C–N with tert-alkyl or cyclic N) is 1. The van der Waals surface area contributed by atoms with E-state index in [9.17, 15) is 42.6 Å². The van der Waals surface area contributed by atoms with Crippen LogP contribution in [0.4, 0.5) is 13.2 Å². The highest BCUT2D eigenvalue weighted by Crippen LogP contribution is 2.41. The van der Waals surface area contributed by atoms with Crippen LogP contribution >= 0.6 is 22.7 Å². The fourth-order valence-electron chi connectivity index (χ4n) is 8.89. The average molecular weight is 981 g/mol. The van der Waals surface area contributed by atoms with Gasteiger partial charge in [0.1, 0.15) is 29.0 Å². The number of amides is 3. The lowest BCUT2D eigenvalue weighted by molar-refractivity contribution is -0.142. The van der Waals surface area contributed by atoms with Gasteiger partial charge in [-0.25, -0.2) is 4.98 Å². The summed E-state index contributed by atoms with van der Waals surface area (Å²) in [6, 6.07) is 13.8. The van der Waals surface area contributed by atoms with Gasteiger partial charge in [0, 0.05) is 29.0 Å². The Morgan fingerprint density at radius 3 is 2.16 bits per heavy atom. The summed E-state index contributed by atoms with van der Waals surface area (Å²) < 4.78 is 46.7. The van der Waals surface area contributed by atoms with E-state index >= 15 is 0 Å². The number of carboxylic acid groups (broad SMARTS) is 1. The molecule has 69 heavy (non-hydrogen) atoms. The summed E-state index contributed by atoms with van der Waals surface area (Å²) in [5.41, 5.74) is 4.87. The van der Waals surface area contributed by atoms with Crippen LogP contribution in [0, 0.1) is 33.1 Å². The maximum Gasteiger partial charge on any atom is 0.417 e. The fourth-order valence-corrected chi connectivity index (χ4v) is 10.9. The number of carboxylic acids is 1. The maximum atomic E-state index is 15.0. The van der Waals surface area contributed by atoms with Gasteiger partial charge in [0.05, 0.1) is 51.5 Å². The van der Waals surface area contributed by atoms with Crippen LogP contribution in [0.1, 0.15) is 113 Å². The number of halogens is 3. The zero-order chi connectivity index (χ0) is 49.9. The van der Waals surface area contributed by atoms with Crippen LogP contribution in [0.3, 0.4) is 0 Å². The Kier molecular flexibility index (Phi) is 13.3. The summed E-state index contributed by atoms with van der Waals surface area (Å²) in [7, 11) is 0. The number of fused-ring (bicyclic) bond motifs is 3. The number of aliphatic hydroxyl groups is 1. The number of thiophene rings is 1. The number of carbonyl (C=O) groups is 4. The van der Waals surface area contributed by atoms with E-state index in [1.807, 2.05) is 49.6 Å². The van der Waals surface area contributed by atoms with Crippen molar-refractivity contribution in [3.63, 3.8) is 0 Å². The van der Waals surface area contributed by atoms with Crippen molar-refractivity contribution in [3.8, 4) is 26.6 Å². The van der Waals surface area contributed by atoms with Crippen molar-refractivity contribution in [3.05, 3.63) is 128 Å². The minimum absolute atomic E-state index is 0.0730. The van der Waals surface area contributed by atoms with Gasteiger partial charge in [0.2, 0.25) is 11.8 Å². The second-order valence-corrected chi connectivity index (χ2v) is 20.7. The lowest BCUT2D eigenvalue weighted by atomic mass is 9.85. The Morgan fingerprint density at radius 2 is 1.54 bits per heavy atom. The Labute approximate surface area is 404 Å². The molecular formula is C50H51F3N8O6S2. The van der Waals surface area contributed by atoms with E-state index < -0.39 is 76.7 Å². The van der Waals surface area contributed by atoms with Crippen LogP contribution in [0.15, 0.2) is 77.2 Å². The smallest absolute Gasteiger partial charge is 0.417 e. The number of nitrogens with one attached hydrogen (secondary N) is 2. The SMILES string of the molecule is Cc1ncsc1-c1ccc([C@H](C)NC(=O)[C@@H]2C[C@@H](O)CN2C(=O)[C@@H](NC(=O)c2ccc(-c3ccc(C4=N[C@@H](CC(=O)O)c5nnc(C)n5-c5sc(C)c(C)c54)cc3)cc2C(F)(F)F)C(C)(C)C)cc1. The second-order valence-electron chi connectivity index (χ2n) is 18.6. The quantitative estimate of drug-likeness (QED) is 0.0983. The molecule has 5 atom stereocenters. The first kappa shape index (κ1) is 48.9. The molecule has 8 rings (SSSR count). The number of hydrogen-bond donors (Lipinski definition) is 4. The molecule has 4 N–H and O–H groups in total. The molecular weight excluding hydrogens is 930 g/mol. The van der Waals surface area contributed by atoms with Crippen LogP contribution in [-0.2, 0) is 20.6 Å². The van der Waals surface area contributed by atoms with Crippen LogP contribution in [0.25, 0.3) is 26.6 Å². The van der Waals surface area contributed by atoms with Crippen LogP contribution in [0.5, 0.6) is 0 Å². The summed E-state index contributed by atoms with van der Waals surface area (Å²) >= 11 is 3.02. The molecule has 0 spiro atoms. The number of alkyl halides is 3. The first-order valence-electron chi connectivity index (χ1n) is 22.3. The van der Waals surface area contributed by atoms with E-state index in [2.05, 4.69) is 25.8 Å². The predicted molar refractivity (Wildman–Crippen MR) is 257 cm³/mol. The number of aliphatic carboxylic acids is 1. The van der Waals surface area contributed by atoms with E-state index in [1.54, 1.807) is 64.4 Å². The largest absolute Gasteiger partial charge is 0.481 e. The maximum absolute atomic E-state index is 15.0. The van der Waals surface area contributed by atoms with E-state index in [0.29, 0.717) is 28.5 Å². The van der Waals surface area contributed by atoms with Crippen molar-refractivity contribution in [2.75, 3.05) is 6.54 Å². The van der Waals surface area contributed by atoms with E-state index in [-0.39, 0.29) is 24.9 Å². The molecule has 1 fully saturated rings. The Balaban J connectivity index is 1.03. The Hall–Kier alpha value is -6.57. The number of aromatic nitrogens is 4. The van der Waals surface area contributed by atoms with Crippen molar-refractivity contribution in [1.29, 1.82) is 0 Å². The van der Waals surface area contributed by atoms with E-state index in [4.69, 9.17) is 4.99 Å². The third-order valence-electron chi connectivity index (χ3n) is 12.7. The van der Waals surface area contributed by atoms with Gasteiger partial charge in [-0.3, -0.25) is 28.7 Å². The van der Waals surface area contributed by atoms with Crippen molar-refractivity contribution >= 4 is 52.1 Å². The highest BCUT2D eigenvalue weighted by molar-refractivity contribution is 7.15. The zero-order valence-electron chi connectivity index (χ0n) is 39.1. The minimum Gasteiger partial charge on any atom is -0.481 e. The van der Waals surface area contributed by atoms with Crippen LogP contribution in [0.2, 0.25) is 0 Å².